The highest BCUT2D eigenvalue weighted by molar-refractivity contribution is 7.87. The van der Waals surface area contributed by atoms with Crippen LogP contribution in [0, 0.1) is 5.92 Å². The summed E-state index contributed by atoms with van der Waals surface area (Å²) in [6.45, 7) is 1.53. The Kier molecular flexibility index (Phi) is 5.37. The minimum absolute atomic E-state index is 0.268. The van der Waals surface area contributed by atoms with Crippen LogP contribution < -0.4 is 4.72 Å². The van der Waals surface area contributed by atoms with Crippen LogP contribution in [-0.4, -0.2) is 51.9 Å². The number of nitrogens with zero attached hydrogens (tertiary/aromatic N) is 2. The van der Waals surface area contributed by atoms with E-state index in [1.807, 2.05) is 18.2 Å². The summed E-state index contributed by atoms with van der Waals surface area (Å²) < 4.78 is 27.7. The van der Waals surface area contributed by atoms with E-state index in [1.165, 1.54) is 9.87 Å². The Morgan fingerprint density at radius 1 is 1.29 bits per heavy atom. The van der Waals surface area contributed by atoms with E-state index in [9.17, 15) is 8.42 Å². The van der Waals surface area contributed by atoms with Crippen molar-refractivity contribution >= 4 is 10.2 Å². The van der Waals surface area contributed by atoms with E-state index >= 15 is 0 Å². The van der Waals surface area contributed by atoms with E-state index in [4.69, 9.17) is 0 Å². The van der Waals surface area contributed by atoms with Gasteiger partial charge in [-0.05, 0) is 37.9 Å². The smallest absolute Gasteiger partial charge is 0.278 e. The number of piperidine rings is 1. The Balaban J connectivity index is 2.12. The third-order valence-electron chi connectivity index (χ3n) is 4.16. The van der Waals surface area contributed by atoms with E-state index in [-0.39, 0.29) is 6.04 Å². The zero-order valence-electron chi connectivity index (χ0n) is 13.0. The number of nitrogens with one attached hydrogen (secondary N) is 1. The molecule has 1 fully saturated rings. The Labute approximate surface area is 128 Å². The molecular weight excluding hydrogens is 286 g/mol. The van der Waals surface area contributed by atoms with E-state index in [2.05, 4.69) is 28.8 Å². The zero-order chi connectivity index (χ0) is 15.5. The van der Waals surface area contributed by atoms with Gasteiger partial charge in [-0.15, -0.1) is 0 Å². The van der Waals surface area contributed by atoms with Gasteiger partial charge in [-0.2, -0.15) is 12.7 Å². The molecule has 6 heteroatoms. The van der Waals surface area contributed by atoms with Gasteiger partial charge in [-0.1, -0.05) is 30.3 Å². The first-order valence-electron chi connectivity index (χ1n) is 7.34. The summed E-state index contributed by atoms with van der Waals surface area (Å²) >= 11 is 0. The molecule has 2 atom stereocenters. The summed E-state index contributed by atoms with van der Waals surface area (Å²) in [4.78, 5) is 2.33. The van der Waals surface area contributed by atoms with Gasteiger partial charge in [0.05, 0.1) is 0 Å². The normalized spacial score (nSPS) is 24.4. The zero-order valence-corrected chi connectivity index (χ0v) is 13.8. The average molecular weight is 311 g/mol. The molecule has 1 N–H and O–H groups in total. The van der Waals surface area contributed by atoms with Crippen LogP contribution in [0.15, 0.2) is 30.3 Å². The van der Waals surface area contributed by atoms with Gasteiger partial charge in [0, 0.05) is 26.7 Å². The highest BCUT2D eigenvalue weighted by Crippen LogP contribution is 2.34. The molecule has 0 aromatic heterocycles. The fourth-order valence-corrected chi connectivity index (χ4v) is 3.67. The van der Waals surface area contributed by atoms with Crippen molar-refractivity contribution in [1.29, 1.82) is 0 Å². The molecule has 1 aliphatic rings. The molecule has 0 spiro atoms. The van der Waals surface area contributed by atoms with Gasteiger partial charge < -0.3 is 0 Å². The van der Waals surface area contributed by atoms with Gasteiger partial charge in [-0.3, -0.25) is 4.90 Å². The monoisotopic (exact) mass is 311 g/mol. The molecule has 0 aliphatic carbocycles. The molecule has 118 valence electrons. The molecule has 0 saturated carbocycles. The van der Waals surface area contributed by atoms with Crippen molar-refractivity contribution in [2.24, 2.45) is 5.92 Å². The highest BCUT2D eigenvalue weighted by Gasteiger charge is 2.31. The maximum absolute atomic E-state index is 11.9. The van der Waals surface area contributed by atoms with Crippen LogP contribution in [-0.2, 0) is 10.2 Å². The summed E-state index contributed by atoms with van der Waals surface area (Å²) in [6.07, 6.45) is 2.15. The van der Waals surface area contributed by atoms with Crippen LogP contribution in [0.3, 0.4) is 0 Å². The van der Waals surface area contributed by atoms with Crippen molar-refractivity contribution in [2.45, 2.75) is 18.9 Å². The molecule has 0 bridgehead atoms. The Bertz CT molecular complexity index is 545. The second-order valence-electron chi connectivity index (χ2n) is 5.87. The standard InChI is InChI=1S/C15H25N3O2S/c1-17(2)21(19,20)16-12-14-10-7-11-18(3)15(14)13-8-5-4-6-9-13/h4-6,8-9,14-16H,7,10-12H2,1-3H3/t14-,15+/m0/s1. The van der Waals surface area contributed by atoms with Gasteiger partial charge in [-0.25, -0.2) is 4.72 Å². The number of hydrogen-bond donors (Lipinski definition) is 1. The lowest BCUT2D eigenvalue weighted by Gasteiger charge is -2.39. The maximum Gasteiger partial charge on any atom is 0.278 e. The van der Waals surface area contributed by atoms with E-state index in [0.717, 1.165) is 19.4 Å². The first kappa shape index (κ1) is 16.4. The van der Waals surface area contributed by atoms with Crippen LogP contribution in [0.25, 0.3) is 0 Å². The Morgan fingerprint density at radius 2 is 1.95 bits per heavy atom. The largest absolute Gasteiger partial charge is 0.299 e. The third kappa shape index (κ3) is 4.03. The van der Waals surface area contributed by atoms with Crippen molar-refractivity contribution in [3.8, 4) is 0 Å². The molecule has 0 unspecified atom stereocenters. The summed E-state index contributed by atoms with van der Waals surface area (Å²) in [5.74, 6) is 0.292. The van der Waals surface area contributed by atoms with Crippen LogP contribution >= 0.6 is 0 Å². The Morgan fingerprint density at radius 3 is 2.57 bits per heavy atom. The lowest BCUT2D eigenvalue weighted by Crippen LogP contribution is -2.44. The molecule has 1 saturated heterocycles. The quantitative estimate of drug-likeness (QED) is 0.896. The van der Waals surface area contributed by atoms with Gasteiger partial charge in [0.15, 0.2) is 0 Å². The second-order valence-corrected chi connectivity index (χ2v) is 7.84. The molecule has 1 aromatic rings. The third-order valence-corrected chi connectivity index (χ3v) is 5.65. The first-order valence-corrected chi connectivity index (χ1v) is 8.78. The average Bonchev–Trinajstić information content (AvgIpc) is 2.46. The SMILES string of the molecule is CN1CCC[C@@H](CNS(=O)(=O)N(C)C)[C@H]1c1ccccc1. The molecule has 21 heavy (non-hydrogen) atoms. The van der Waals surface area contributed by atoms with Crippen molar-refractivity contribution < 1.29 is 8.42 Å². The molecule has 0 amide bonds. The predicted octanol–water partition coefficient (Wildman–Crippen LogP) is 1.47. The van der Waals surface area contributed by atoms with Crippen LogP contribution in [0.4, 0.5) is 0 Å². The van der Waals surface area contributed by atoms with Gasteiger partial charge in [0.25, 0.3) is 10.2 Å². The number of hydrogen-bond acceptors (Lipinski definition) is 3. The number of rotatable bonds is 5. The van der Waals surface area contributed by atoms with Gasteiger partial charge in [0.1, 0.15) is 0 Å². The summed E-state index contributed by atoms with van der Waals surface area (Å²) in [7, 11) is 1.85. The van der Waals surface area contributed by atoms with Gasteiger partial charge in [0.2, 0.25) is 0 Å². The van der Waals surface area contributed by atoms with Crippen LogP contribution in [0.2, 0.25) is 0 Å². The van der Waals surface area contributed by atoms with Crippen LogP contribution in [0.1, 0.15) is 24.4 Å². The van der Waals surface area contributed by atoms with Crippen LogP contribution in [0.5, 0.6) is 0 Å². The fraction of sp³-hybridized carbons (Fsp3) is 0.600. The fourth-order valence-electron chi connectivity index (χ4n) is 2.99. The maximum atomic E-state index is 11.9. The molecule has 5 nitrogen and oxygen atoms in total. The van der Waals surface area contributed by atoms with Crippen molar-refractivity contribution in [3.63, 3.8) is 0 Å². The second kappa shape index (κ2) is 6.87. The molecular formula is C15H25N3O2S. The van der Waals surface area contributed by atoms with Crippen molar-refractivity contribution in [2.75, 3.05) is 34.2 Å². The van der Waals surface area contributed by atoms with E-state index < -0.39 is 10.2 Å². The van der Waals surface area contributed by atoms with E-state index in [1.54, 1.807) is 14.1 Å². The molecule has 0 radical (unpaired) electrons. The minimum atomic E-state index is -3.36. The lowest BCUT2D eigenvalue weighted by molar-refractivity contribution is 0.123. The highest BCUT2D eigenvalue weighted by atomic mass is 32.2. The summed E-state index contributed by atoms with van der Waals surface area (Å²) in [5, 5.41) is 0. The first-order chi connectivity index (χ1) is 9.92. The topological polar surface area (TPSA) is 52.7 Å². The summed E-state index contributed by atoms with van der Waals surface area (Å²) in [5.41, 5.74) is 1.26. The molecule has 2 rings (SSSR count). The number of likely N-dealkylation sites (tertiary alicyclic amines) is 1. The molecule has 1 heterocycles. The molecule has 1 aliphatic heterocycles. The Hall–Kier alpha value is -0.950. The molecule has 1 aromatic carbocycles. The van der Waals surface area contributed by atoms with Crippen molar-refractivity contribution in [1.82, 2.24) is 13.9 Å². The van der Waals surface area contributed by atoms with Crippen molar-refractivity contribution in [3.05, 3.63) is 35.9 Å². The summed E-state index contributed by atoms with van der Waals surface area (Å²) in [6, 6.07) is 10.6. The number of benzene rings is 1. The predicted molar refractivity (Wildman–Crippen MR) is 85.1 cm³/mol. The van der Waals surface area contributed by atoms with Gasteiger partial charge >= 0.3 is 0 Å². The minimum Gasteiger partial charge on any atom is -0.299 e. The van der Waals surface area contributed by atoms with E-state index in [0.29, 0.717) is 12.5 Å². The lowest BCUT2D eigenvalue weighted by atomic mass is 9.85.